The van der Waals surface area contributed by atoms with Gasteiger partial charge in [-0.25, -0.2) is 18.7 Å². The Morgan fingerprint density at radius 3 is 2.49 bits per heavy atom. The van der Waals surface area contributed by atoms with Crippen molar-refractivity contribution in [1.82, 2.24) is 29.5 Å². The first-order valence-corrected chi connectivity index (χ1v) is 17.1. The standard InChI is InChI=1S/C38H41F2N7O2/c1-6-27-30(39)10-7-22-15-26(48)16-28(32(22)27)33-35(40)37-34(29-19-45(4)43-36(29)33)38(42-31(41-37)11-12-44(2)3)47-23-8-9-24(47)18-46(17-23)25-13-21(14-25)20-49-5/h1,7,10,15-16,19,21,23-25,48H,8-9,11-14,17-18,20H2,2-5H3. The third kappa shape index (κ3) is 5.28. The average Bonchev–Trinajstić information content (AvgIpc) is 3.56. The maximum absolute atomic E-state index is 17.5. The van der Waals surface area contributed by atoms with E-state index >= 15 is 8.78 Å². The van der Waals surface area contributed by atoms with Crippen molar-refractivity contribution < 1.29 is 18.6 Å². The van der Waals surface area contributed by atoms with Crippen LogP contribution in [0.1, 0.15) is 37.1 Å². The predicted octanol–water partition coefficient (Wildman–Crippen LogP) is 5.48. The molecular weight excluding hydrogens is 624 g/mol. The molecule has 3 aliphatic rings. The van der Waals surface area contributed by atoms with Gasteiger partial charge in [0.15, 0.2) is 5.82 Å². The van der Waals surface area contributed by atoms with Crippen LogP contribution < -0.4 is 4.90 Å². The maximum Gasteiger partial charge on any atom is 0.159 e. The van der Waals surface area contributed by atoms with E-state index in [1.807, 2.05) is 20.3 Å². The van der Waals surface area contributed by atoms with Crippen LogP contribution in [-0.2, 0) is 18.2 Å². The number of anilines is 1. The van der Waals surface area contributed by atoms with Crippen molar-refractivity contribution in [2.24, 2.45) is 13.0 Å². The number of terminal acetylenes is 1. The lowest BCUT2D eigenvalue weighted by atomic mass is 9.79. The number of rotatable bonds is 8. The van der Waals surface area contributed by atoms with Gasteiger partial charge in [-0.05, 0) is 74.8 Å². The smallest absolute Gasteiger partial charge is 0.159 e. The Kier molecular flexibility index (Phi) is 7.93. The number of hydrogen-bond donors (Lipinski definition) is 1. The van der Waals surface area contributed by atoms with Gasteiger partial charge in [0.1, 0.15) is 34.2 Å². The lowest BCUT2D eigenvalue weighted by molar-refractivity contribution is 0.0199. The van der Waals surface area contributed by atoms with Gasteiger partial charge in [0.25, 0.3) is 0 Å². The third-order valence-electron chi connectivity index (χ3n) is 10.8. The molecule has 1 aliphatic carbocycles. The van der Waals surface area contributed by atoms with Gasteiger partial charge < -0.3 is 19.6 Å². The molecule has 2 bridgehead atoms. The second kappa shape index (κ2) is 12.2. The normalized spacial score (nSPS) is 22.4. The number of hydrogen-bond acceptors (Lipinski definition) is 8. The van der Waals surface area contributed by atoms with E-state index in [2.05, 4.69) is 20.6 Å². The van der Waals surface area contributed by atoms with E-state index < -0.39 is 11.6 Å². The van der Waals surface area contributed by atoms with Gasteiger partial charge in [-0.1, -0.05) is 12.0 Å². The zero-order valence-electron chi connectivity index (χ0n) is 28.4. The van der Waals surface area contributed by atoms with Crippen LogP contribution in [0.3, 0.4) is 0 Å². The molecule has 2 aromatic heterocycles. The molecule has 0 spiro atoms. The molecule has 9 nitrogen and oxygen atoms in total. The molecule has 254 valence electrons. The van der Waals surface area contributed by atoms with E-state index in [9.17, 15) is 5.11 Å². The number of ether oxygens (including phenoxy) is 1. The van der Waals surface area contributed by atoms with E-state index in [0.29, 0.717) is 57.8 Å². The summed E-state index contributed by atoms with van der Waals surface area (Å²) in [6.07, 6.45) is 12.6. The largest absolute Gasteiger partial charge is 0.508 e. The number of phenolic OH excluding ortho intramolecular Hbond substituents is 1. The van der Waals surface area contributed by atoms with Crippen molar-refractivity contribution >= 4 is 38.4 Å². The Hall–Kier alpha value is -4.37. The highest BCUT2D eigenvalue weighted by molar-refractivity contribution is 6.18. The first-order valence-electron chi connectivity index (χ1n) is 17.1. The number of likely N-dealkylation sites (tertiary alicyclic amines) is 1. The highest BCUT2D eigenvalue weighted by Crippen LogP contribution is 2.47. The van der Waals surface area contributed by atoms with Crippen LogP contribution in [0.4, 0.5) is 14.6 Å². The topological polar surface area (TPSA) is 82.8 Å². The van der Waals surface area contributed by atoms with E-state index in [0.717, 1.165) is 51.2 Å². The number of halogens is 2. The molecule has 8 rings (SSSR count). The van der Waals surface area contributed by atoms with E-state index in [-0.39, 0.29) is 40.0 Å². The number of benzene rings is 3. The van der Waals surface area contributed by atoms with Crippen molar-refractivity contribution in [2.45, 2.75) is 50.2 Å². The van der Waals surface area contributed by atoms with Crippen molar-refractivity contribution in [3.05, 3.63) is 53.5 Å². The van der Waals surface area contributed by atoms with Crippen LogP contribution in [0.2, 0.25) is 0 Å². The van der Waals surface area contributed by atoms with Crippen LogP contribution in [-0.4, -0.2) is 100 Å². The number of aryl methyl sites for hydroxylation is 1. The van der Waals surface area contributed by atoms with Crippen molar-refractivity contribution in [3.8, 4) is 29.2 Å². The molecule has 3 fully saturated rings. The van der Waals surface area contributed by atoms with Gasteiger partial charge in [0, 0.05) is 87.5 Å². The summed E-state index contributed by atoms with van der Waals surface area (Å²) >= 11 is 0. The van der Waals surface area contributed by atoms with Crippen LogP contribution in [0, 0.1) is 29.9 Å². The van der Waals surface area contributed by atoms with Crippen LogP contribution >= 0.6 is 0 Å². The molecule has 1 N–H and O–H groups in total. The Balaban J connectivity index is 1.34. The van der Waals surface area contributed by atoms with Crippen LogP contribution in [0.25, 0.3) is 43.7 Å². The van der Waals surface area contributed by atoms with Gasteiger partial charge in [-0.15, -0.1) is 6.42 Å². The van der Waals surface area contributed by atoms with E-state index in [1.54, 1.807) is 24.9 Å². The summed E-state index contributed by atoms with van der Waals surface area (Å²) in [6.45, 7) is 3.39. The summed E-state index contributed by atoms with van der Waals surface area (Å²) in [6, 6.07) is 6.80. The number of methoxy groups -OCH3 is 1. The van der Waals surface area contributed by atoms with Gasteiger partial charge in [-0.2, -0.15) is 5.10 Å². The first-order chi connectivity index (χ1) is 23.6. The fraction of sp³-hybridized carbons (Fsp3) is 0.447. The predicted molar refractivity (Wildman–Crippen MR) is 188 cm³/mol. The molecule has 4 heterocycles. The van der Waals surface area contributed by atoms with E-state index in [4.69, 9.17) is 26.2 Å². The van der Waals surface area contributed by atoms with Gasteiger partial charge in [-0.3, -0.25) is 9.58 Å². The van der Waals surface area contributed by atoms with Gasteiger partial charge in [0.2, 0.25) is 0 Å². The highest BCUT2D eigenvalue weighted by Gasteiger charge is 2.46. The Morgan fingerprint density at radius 1 is 1.04 bits per heavy atom. The number of nitrogens with zero attached hydrogens (tertiary/aromatic N) is 7. The molecule has 2 unspecified atom stereocenters. The molecule has 5 aromatic rings. The van der Waals surface area contributed by atoms with Gasteiger partial charge in [0.05, 0.1) is 10.9 Å². The van der Waals surface area contributed by atoms with Crippen molar-refractivity contribution in [2.75, 3.05) is 52.3 Å². The molecule has 2 atom stereocenters. The first kappa shape index (κ1) is 31.9. The van der Waals surface area contributed by atoms with Crippen LogP contribution in [0.5, 0.6) is 5.75 Å². The number of aromatic hydroxyl groups is 1. The average molecular weight is 666 g/mol. The summed E-state index contributed by atoms with van der Waals surface area (Å²) in [5, 5.41) is 17.7. The van der Waals surface area contributed by atoms with Crippen molar-refractivity contribution in [3.63, 3.8) is 0 Å². The quantitative estimate of drug-likeness (QED) is 0.218. The fourth-order valence-electron chi connectivity index (χ4n) is 8.56. The zero-order chi connectivity index (χ0) is 34.1. The SMILES string of the molecule is C#Cc1c(F)ccc2cc(O)cc(-c3c(F)c4nc(CCN(C)C)nc(N5C6CCC5CN(C5CC(COC)C5)C6)c4c4cn(C)nc34)c12. The molecule has 0 amide bonds. The molecule has 0 radical (unpaired) electrons. The third-order valence-corrected chi connectivity index (χ3v) is 10.8. The number of piperazine rings is 1. The Bertz CT molecular complexity index is 2140. The molecule has 1 saturated carbocycles. The van der Waals surface area contributed by atoms with Gasteiger partial charge >= 0.3 is 0 Å². The summed E-state index contributed by atoms with van der Waals surface area (Å²) in [5.41, 5.74) is 0.953. The summed E-state index contributed by atoms with van der Waals surface area (Å²) < 4.78 is 39.7. The number of phenols is 1. The lowest BCUT2D eigenvalue weighted by Gasteiger charge is -2.49. The summed E-state index contributed by atoms with van der Waals surface area (Å²) in [7, 11) is 7.55. The van der Waals surface area contributed by atoms with Crippen LogP contribution in [0.15, 0.2) is 30.5 Å². The van der Waals surface area contributed by atoms with E-state index in [1.165, 1.54) is 18.2 Å². The fourth-order valence-corrected chi connectivity index (χ4v) is 8.56. The minimum Gasteiger partial charge on any atom is -0.508 e. The zero-order valence-corrected chi connectivity index (χ0v) is 28.4. The Morgan fingerprint density at radius 2 is 1.80 bits per heavy atom. The number of aromatic nitrogens is 4. The molecular formula is C38H41F2N7O2. The second-order valence-corrected chi connectivity index (χ2v) is 14.3. The minimum absolute atomic E-state index is 0.000534. The monoisotopic (exact) mass is 665 g/mol. The highest BCUT2D eigenvalue weighted by atomic mass is 19.1. The minimum atomic E-state index is -0.597. The molecule has 2 saturated heterocycles. The lowest BCUT2D eigenvalue weighted by Crippen LogP contribution is -2.59. The van der Waals surface area contributed by atoms with Crippen molar-refractivity contribution in [1.29, 1.82) is 0 Å². The molecule has 3 aromatic carbocycles. The second-order valence-electron chi connectivity index (χ2n) is 14.3. The number of fused-ring (bicyclic) bond motifs is 6. The number of likely N-dealkylation sites (N-methyl/N-ethyl adjacent to an activating group) is 1. The molecule has 11 heteroatoms. The molecule has 49 heavy (non-hydrogen) atoms. The molecule has 2 aliphatic heterocycles. The maximum atomic E-state index is 17.5. The summed E-state index contributed by atoms with van der Waals surface area (Å²) in [4.78, 5) is 17.3. The Labute approximate surface area is 284 Å². The summed E-state index contributed by atoms with van der Waals surface area (Å²) in [5.74, 6) is 3.11.